The number of carbonyl (C=O) groups is 1. The number of halogens is 1. The van der Waals surface area contributed by atoms with Crippen molar-refractivity contribution in [3.8, 4) is 0 Å². The second-order valence-corrected chi connectivity index (χ2v) is 7.14. The molecule has 2 rings (SSSR count). The number of urea groups is 1. The number of carbonyl (C=O) groups excluding carboxylic acids is 1. The van der Waals surface area contributed by atoms with E-state index in [-0.39, 0.29) is 11.4 Å². The molecule has 1 saturated heterocycles. The van der Waals surface area contributed by atoms with Gasteiger partial charge in [0.25, 0.3) is 0 Å². The van der Waals surface area contributed by atoms with Gasteiger partial charge in [0.05, 0.1) is 13.2 Å². The van der Waals surface area contributed by atoms with E-state index in [0.29, 0.717) is 24.7 Å². The minimum atomic E-state index is -0.441. The Balaban J connectivity index is 1.92. The second-order valence-electron chi connectivity index (χ2n) is 6.70. The van der Waals surface area contributed by atoms with Gasteiger partial charge in [-0.1, -0.05) is 44.5 Å². The molecule has 1 aromatic rings. The minimum Gasteiger partial charge on any atom is -0.368 e. The molecule has 1 aliphatic heterocycles. The Morgan fingerprint density at radius 2 is 2.10 bits per heavy atom. The molecule has 0 spiro atoms. The number of nitrogens with one attached hydrogen (secondary N) is 2. The van der Waals surface area contributed by atoms with Crippen molar-refractivity contribution in [2.24, 2.45) is 5.41 Å². The van der Waals surface area contributed by atoms with Crippen LogP contribution in [0.4, 0.5) is 4.79 Å². The highest BCUT2D eigenvalue weighted by molar-refractivity contribution is 6.30. The van der Waals surface area contributed by atoms with E-state index in [1.165, 1.54) is 0 Å². The molecule has 1 aliphatic rings. The van der Waals surface area contributed by atoms with E-state index in [0.717, 1.165) is 12.0 Å². The molecule has 1 aromatic carbocycles. The van der Waals surface area contributed by atoms with Crippen LogP contribution < -0.4 is 10.6 Å². The summed E-state index contributed by atoms with van der Waals surface area (Å²) in [6.45, 7) is 8.02. The van der Waals surface area contributed by atoms with Crippen molar-refractivity contribution in [2.75, 3.05) is 19.7 Å². The van der Waals surface area contributed by atoms with Crippen LogP contribution >= 0.6 is 11.6 Å². The summed E-state index contributed by atoms with van der Waals surface area (Å²) in [4.78, 5) is 11.9. The smallest absolute Gasteiger partial charge is 0.314 e. The molecular formula is C16H23ClN2O2. The number of hydrogen-bond donors (Lipinski definition) is 2. The number of ether oxygens (including phenoxy) is 1. The summed E-state index contributed by atoms with van der Waals surface area (Å²) < 4.78 is 5.75. The molecule has 0 saturated carbocycles. The molecule has 2 N–H and O–H groups in total. The van der Waals surface area contributed by atoms with Gasteiger partial charge in [0.15, 0.2) is 0 Å². The van der Waals surface area contributed by atoms with Crippen LogP contribution in [-0.2, 0) is 10.3 Å². The third-order valence-corrected chi connectivity index (χ3v) is 3.78. The zero-order valence-electron chi connectivity index (χ0n) is 12.8. The van der Waals surface area contributed by atoms with Gasteiger partial charge in [0.2, 0.25) is 0 Å². The lowest BCUT2D eigenvalue weighted by Gasteiger charge is -2.42. The molecule has 0 aliphatic carbocycles. The van der Waals surface area contributed by atoms with E-state index in [1.807, 2.05) is 24.3 Å². The minimum absolute atomic E-state index is 0.0644. The average molecular weight is 311 g/mol. The Kier molecular flexibility index (Phi) is 4.79. The summed E-state index contributed by atoms with van der Waals surface area (Å²) >= 11 is 6.04. The molecule has 1 heterocycles. The first-order valence-corrected chi connectivity index (χ1v) is 7.60. The topological polar surface area (TPSA) is 50.4 Å². The molecule has 21 heavy (non-hydrogen) atoms. The van der Waals surface area contributed by atoms with Crippen molar-refractivity contribution in [1.82, 2.24) is 10.6 Å². The fourth-order valence-corrected chi connectivity index (χ4v) is 2.41. The predicted octanol–water partition coefficient (Wildman–Crippen LogP) is 3.30. The zero-order chi connectivity index (χ0) is 15.5. The monoisotopic (exact) mass is 310 g/mol. The van der Waals surface area contributed by atoms with Gasteiger partial charge in [-0.3, -0.25) is 0 Å². The molecule has 0 bridgehead atoms. The van der Waals surface area contributed by atoms with Crippen LogP contribution in [0.2, 0.25) is 5.02 Å². The normalized spacial score (nSPS) is 21.5. The fourth-order valence-electron chi connectivity index (χ4n) is 2.22. The summed E-state index contributed by atoms with van der Waals surface area (Å²) in [6.07, 6.45) is 0.882. The van der Waals surface area contributed by atoms with Gasteiger partial charge in [-0.05, 0) is 23.1 Å². The number of benzene rings is 1. The van der Waals surface area contributed by atoms with Crippen LogP contribution in [0.1, 0.15) is 32.8 Å². The van der Waals surface area contributed by atoms with E-state index in [1.54, 1.807) is 0 Å². The molecule has 116 valence electrons. The maximum atomic E-state index is 11.9. The molecule has 5 heteroatoms. The first-order chi connectivity index (χ1) is 9.81. The Morgan fingerprint density at radius 3 is 2.62 bits per heavy atom. The van der Waals surface area contributed by atoms with Crippen molar-refractivity contribution >= 4 is 17.6 Å². The predicted molar refractivity (Wildman–Crippen MR) is 84.6 cm³/mol. The molecule has 1 unspecified atom stereocenters. The highest BCUT2D eigenvalue weighted by Crippen LogP contribution is 2.37. The van der Waals surface area contributed by atoms with Gasteiger partial charge in [0, 0.05) is 18.0 Å². The Hall–Kier alpha value is -1.26. The van der Waals surface area contributed by atoms with Crippen molar-refractivity contribution in [2.45, 2.75) is 32.8 Å². The Labute approximate surface area is 131 Å². The van der Waals surface area contributed by atoms with Gasteiger partial charge >= 0.3 is 6.03 Å². The van der Waals surface area contributed by atoms with Crippen LogP contribution in [0, 0.1) is 5.41 Å². The number of hydrogen-bond acceptors (Lipinski definition) is 2. The zero-order valence-corrected chi connectivity index (χ0v) is 13.6. The van der Waals surface area contributed by atoms with Crippen molar-refractivity contribution in [3.63, 3.8) is 0 Å². The van der Waals surface area contributed by atoms with Gasteiger partial charge in [-0.25, -0.2) is 4.79 Å². The van der Waals surface area contributed by atoms with Crippen LogP contribution in [0.3, 0.4) is 0 Å². The van der Waals surface area contributed by atoms with E-state index in [4.69, 9.17) is 16.3 Å². The van der Waals surface area contributed by atoms with E-state index >= 15 is 0 Å². The van der Waals surface area contributed by atoms with Crippen molar-refractivity contribution < 1.29 is 9.53 Å². The summed E-state index contributed by atoms with van der Waals surface area (Å²) in [6, 6.07) is 7.46. The van der Waals surface area contributed by atoms with E-state index in [9.17, 15) is 4.79 Å². The van der Waals surface area contributed by atoms with E-state index < -0.39 is 5.60 Å². The quantitative estimate of drug-likeness (QED) is 0.896. The van der Waals surface area contributed by atoms with Crippen LogP contribution in [0.5, 0.6) is 0 Å². The first kappa shape index (κ1) is 16.1. The maximum Gasteiger partial charge on any atom is 0.314 e. The lowest BCUT2D eigenvalue weighted by atomic mass is 9.86. The van der Waals surface area contributed by atoms with Crippen LogP contribution in [0.15, 0.2) is 24.3 Å². The fraction of sp³-hybridized carbons (Fsp3) is 0.562. The summed E-state index contributed by atoms with van der Waals surface area (Å²) in [7, 11) is 0. The van der Waals surface area contributed by atoms with Crippen LogP contribution in [-0.4, -0.2) is 25.7 Å². The lowest BCUT2D eigenvalue weighted by Crippen LogP contribution is -2.52. The number of rotatable bonds is 4. The SMILES string of the molecule is CC(C)(C)CNC(=O)NCC1(c2cccc(Cl)c2)CCO1. The third kappa shape index (κ3) is 4.35. The summed E-state index contributed by atoms with van der Waals surface area (Å²) in [5.74, 6) is 0. The highest BCUT2D eigenvalue weighted by atomic mass is 35.5. The standard InChI is InChI=1S/C16H23ClN2O2/c1-15(2,3)10-18-14(20)19-11-16(7-8-21-16)12-5-4-6-13(17)9-12/h4-6,9H,7-8,10-11H2,1-3H3,(H2,18,19,20). The molecule has 2 amide bonds. The molecule has 1 fully saturated rings. The molecule has 4 nitrogen and oxygen atoms in total. The first-order valence-electron chi connectivity index (χ1n) is 7.23. The molecular weight excluding hydrogens is 288 g/mol. The summed E-state index contributed by atoms with van der Waals surface area (Å²) in [5.41, 5.74) is 0.635. The lowest BCUT2D eigenvalue weighted by molar-refractivity contribution is -0.149. The van der Waals surface area contributed by atoms with Gasteiger partial charge in [-0.15, -0.1) is 0 Å². The van der Waals surface area contributed by atoms with Gasteiger partial charge in [-0.2, -0.15) is 0 Å². The van der Waals surface area contributed by atoms with Gasteiger partial charge in [0.1, 0.15) is 5.60 Å². The molecule has 1 atom stereocenters. The molecule has 0 aromatic heterocycles. The second kappa shape index (κ2) is 6.24. The average Bonchev–Trinajstić information content (AvgIpc) is 2.34. The molecule has 0 radical (unpaired) electrons. The van der Waals surface area contributed by atoms with Crippen LogP contribution in [0.25, 0.3) is 0 Å². The Morgan fingerprint density at radius 1 is 1.38 bits per heavy atom. The van der Waals surface area contributed by atoms with Gasteiger partial charge < -0.3 is 15.4 Å². The maximum absolute atomic E-state index is 11.9. The highest BCUT2D eigenvalue weighted by Gasteiger charge is 2.40. The summed E-state index contributed by atoms with van der Waals surface area (Å²) in [5, 5.41) is 6.45. The third-order valence-electron chi connectivity index (χ3n) is 3.55. The Bertz CT molecular complexity index is 507. The largest absolute Gasteiger partial charge is 0.368 e. The van der Waals surface area contributed by atoms with E-state index in [2.05, 4.69) is 31.4 Å². The van der Waals surface area contributed by atoms with Crippen molar-refractivity contribution in [1.29, 1.82) is 0 Å². The number of amides is 2. The van der Waals surface area contributed by atoms with Crippen molar-refractivity contribution in [3.05, 3.63) is 34.9 Å².